The molecule has 1 heterocycles. The number of carbonyl (C=O) groups excluding carboxylic acids is 1. The van der Waals surface area contributed by atoms with Crippen LogP contribution in [0.2, 0.25) is 5.02 Å². The lowest BCUT2D eigenvalue weighted by Crippen LogP contribution is -2.43. The quantitative estimate of drug-likeness (QED) is 0.374. The van der Waals surface area contributed by atoms with E-state index in [9.17, 15) is 18.7 Å². The molecule has 33 heavy (non-hydrogen) atoms. The van der Waals surface area contributed by atoms with Crippen LogP contribution in [0, 0.1) is 11.6 Å². The summed E-state index contributed by atoms with van der Waals surface area (Å²) in [6, 6.07) is 10.2. The lowest BCUT2D eigenvalue weighted by molar-refractivity contribution is 0.0507. The number of hydrogen-bond donors (Lipinski definition) is 3. The Balaban J connectivity index is 1.73. The van der Waals surface area contributed by atoms with Crippen LogP contribution in [0.15, 0.2) is 42.5 Å². The first kappa shape index (κ1) is 24.7. The molecule has 1 aromatic heterocycles. The van der Waals surface area contributed by atoms with Gasteiger partial charge in [-0.05, 0) is 57.0 Å². The molecule has 0 aliphatic carbocycles. The van der Waals surface area contributed by atoms with Crippen molar-refractivity contribution in [2.75, 3.05) is 11.9 Å². The largest absolute Gasteiger partial charge is 0.492 e. The highest BCUT2D eigenvalue weighted by Crippen LogP contribution is 2.37. The van der Waals surface area contributed by atoms with Crippen LogP contribution in [0.5, 0.6) is 5.88 Å². The van der Waals surface area contributed by atoms with Gasteiger partial charge in [-0.25, -0.2) is 13.6 Å². The van der Waals surface area contributed by atoms with Gasteiger partial charge in [0.1, 0.15) is 5.60 Å². The Morgan fingerprint density at radius 1 is 1.18 bits per heavy atom. The van der Waals surface area contributed by atoms with Crippen LogP contribution in [0.4, 0.5) is 18.7 Å². The van der Waals surface area contributed by atoms with E-state index >= 15 is 0 Å². The molecule has 1 amide bonds. The normalized spacial score (nSPS) is 12.3. The zero-order chi connectivity index (χ0) is 24.2. The summed E-state index contributed by atoms with van der Waals surface area (Å²) in [5, 5.41) is 17.1. The predicted octanol–water partition coefficient (Wildman–Crippen LogP) is 6.00. The number of hydrogen-bond acceptors (Lipinski definition) is 6. The van der Waals surface area contributed by atoms with Gasteiger partial charge in [-0.15, -0.1) is 0 Å². The summed E-state index contributed by atoms with van der Waals surface area (Å²) in [7, 11) is 0. The molecule has 1 unspecified atom stereocenters. The first-order valence-electron chi connectivity index (χ1n) is 10.1. The summed E-state index contributed by atoms with van der Waals surface area (Å²) in [5.74, 6) is -2.29. The van der Waals surface area contributed by atoms with Crippen molar-refractivity contribution in [2.24, 2.45) is 0 Å². The highest BCUT2D eigenvalue weighted by Gasteiger charge is 2.21. The Kier molecular flexibility index (Phi) is 7.76. The number of aromatic nitrogens is 1. The average molecular weight is 496 g/mol. The Bertz CT molecular complexity index is 1120. The van der Waals surface area contributed by atoms with Crippen LogP contribution >= 0.6 is 22.9 Å². The molecule has 176 valence electrons. The van der Waals surface area contributed by atoms with Gasteiger partial charge in [-0.2, -0.15) is 4.98 Å². The Morgan fingerprint density at radius 2 is 1.88 bits per heavy atom. The van der Waals surface area contributed by atoms with E-state index in [1.54, 1.807) is 32.9 Å². The Morgan fingerprint density at radius 3 is 2.52 bits per heavy atom. The number of amides is 1. The fourth-order valence-corrected chi connectivity index (χ4v) is 3.97. The number of nitrogens with one attached hydrogen (secondary N) is 2. The Labute approximate surface area is 199 Å². The molecule has 1 atom stereocenters. The number of thiazole rings is 1. The molecule has 0 aliphatic rings. The van der Waals surface area contributed by atoms with Gasteiger partial charge in [0.05, 0.1) is 10.9 Å². The van der Waals surface area contributed by atoms with Gasteiger partial charge in [0.15, 0.2) is 16.8 Å². The first-order valence-corrected chi connectivity index (χ1v) is 11.3. The Hall–Kier alpha value is -2.91. The zero-order valence-electron chi connectivity index (χ0n) is 18.3. The maximum atomic E-state index is 13.6. The maximum absolute atomic E-state index is 13.6. The van der Waals surface area contributed by atoms with Gasteiger partial charge >= 0.3 is 6.09 Å². The minimum absolute atomic E-state index is 0.270. The topological polar surface area (TPSA) is 83.5 Å². The number of anilines is 1. The van der Waals surface area contributed by atoms with E-state index in [0.717, 1.165) is 29.0 Å². The summed E-state index contributed by atoms with van der Waals surface area (Å²) in [6.07, 6.45) is -0.0794. The fourth-order valence-electron chi connectivity index (χ4n) is 2.98. The smallest absolute Gasteiger partial charge is 0.407 e. The lowest BCUT2D eigenvalue weighted by Gasteiger charge is -2.24. The third-order valence-corrected chi connectivity index (χ3v) is 5.71. The standard InChI is InChI=1S/C23H24ClF2N3O3S/c1-23(2,3)32-22(31)28-16(10-13-4-7-15(24)8-5-13)12-27-21-29-20(30)19(33-21)14-6-9-17(25)18(26)11-14/h4-9,11,16,30H,10,12H2,1-3H3,(H,27,29)(H,28,31). The molecule has 3 aromatic rings. The summed E-state index contributed by atoms with van der Waals surface area (Å²) >= 11 is 7.04. The zero-order valence-corrected chi connectivity index (χ0v) is 19.9. The second-order valence-electron chi connectivity index (χ2n) is 8.36. The van der Waals surface area contributed by atoms with Crippen molar-refractivity contribution in [1.29, 1.82) is 0 Å². The van der Waals surface area contributed by atoms with Crippen LogP contribution in [-0.2, 0) is 11.2 Å². The van der Waals surface area contributed by atoms with E-state index in [1.807, 2.05) is 12.1 Å². The average Bonchev–Trinajstić information content (AvgIpc) is 3.09. The number of alkyl carbamates (subject to hydrolysis) is 1. The third-order valence-electron chi connectivity index (χ3n) is 4.41. The lowest BCUT2D eigenvalue weighted by atomic mass is 10.1. The van der Waals surface area contributed by atoms with Crippen molar-refractivity contribution in [3.8, 4) is 16.3 Å². The van der Waals surface area contributed by atoms with E-state index in [4.69, 9.17) is 16.3 Å². The third kappa shape index (κ3) is 7.30. The molecule has 10 heteroatoms. The van der Waals surface area contributed by atoms with E-state index in [2.05, 4.69) is 15.6 Å². The molecule has 0 saturated heterocycles. The molecule has 3 rings (SSSR count). The number of carbonyl (C=O) groups is 1. The van der Waals surface area contributed by atoms with Crippen molar-refractivity contribution in [3.63, 3.8) is 0 Å². The van der Waals surface area contributed by atoms with E-state index in [1.165, 1.54) is 6.07 Å². The van der Waals surface area contributed by atoms with Crippen LogP contribution in [0.25, 0.3) is 10.4 Å². The van der Waals surface area contributed by atoms with Crippen LogP contribution in [-0.4, -0.2) is 34.4 Å². The van der Waals surface area contributed by atoms with E-state index in [0.29, 0.717) is 27.0 Å². The highest BCUT2D eigenvalue weighted by atomic mass is 35.5. The van der Waals surface area contributed by atoms with Crippen LogP contribution in [0.1, 0.15) is 26.3 Å². The highest BCUT2D eigenvalue weighted by molar-refractivity contribution is 7.19. The van der Waals surface area contributed by atoms with Gasteiger partial charge in [0.2, 0.25) is 5.88 Å². The molecule has 0 fully saturated rings. The number of benzene rings is 2. The monoisotopic (exact) mass is 495 g/mol. The molecule has 0 aliphatic heterocycles. The summed E-state index contributed by atoms with van der Waals surface area (Å²) in [4.78, 5) is 16.7. The molecular weight excluding hydrogens is 472 g/mol. The predicted molar refractivity (Wildman–Crippen MR) is 126 cm³/mol. The van der Waals surface area contributed by atoms with Gasteiger partial charge < -0.3 is 20.5 Å². The number of ether oxygens (including phenoxy) is 1. The first-order chi connectivity index (χ1) is 15.5. The van der Waals surface area contributed by atoms with Crippen LogP contribution < -0.4 is 10.6 Å². The van der Waals surface area contributed by atoms with Gasteiger partial charge in [0.25, 0.3) is 0 Å². The fraction of sp³-hybridized carbons (Fsp3) is 0.304. The number of halogens is 3. The van der Waals surface area contributed by atoms with E-state index < -0.39 is 23.3 Å². The van der Waals surface area contributed by atoms with E-state index in [-0.39, 0.29) is 18.5 Å². The second-order valence-corrected chi connectivity index (χ2v) is 9.79. The van der Waals surface area contributed by atoms with Crippen molar-refractivity contribution >= 4 is 34.2 Å². The van der Waals surface area contributed by atoms with Crippen molar-refractivity contribution in [3.05, 3.63) is 64.7 Å². The summed E-state index contributed by atoms with van der Waals surface area (Å²) in [6.45, 7) is 5.59. The van der Waals surface area contributed by atoms with Gasteiger partial charge in [-0.1, -0.05) is 41.1 Å². The molecule has 0 saturated carbocycles. The summed E-state index contributed by atoms with van der Waals surface area (Å²) < 4.78 is 32.2. The van der Waals surface area contributed by atoms with Crippen LogP contribution in [0.3, 0.4) is 0 Å². The van der Waals surface area contributed by atoms with Crippen molar-refractivity contribution in [2.45, 2.75) is 38.8 Å². The number of rotatable bonds is 7. The summed E-state index contributed by atoms with van der Waals surface area (Å²) in [5.41, 5.74) is 0.608. The molecule has 6 nitrogen and oxygen atoms in total. The molecule has 2 aromatic carbocycles. The number of aromatic hydroxyl groups is 1. The minimum Gasteiger partial charge on any atom is -0.492 e. The number of nitrogens with zero attached hydrogens (tertiary/aromatic N) is 1. The second kappa shape index (κ2) is 10.4. The molecule has 0 radical (unpaired) electrons. The SMILES string of the molecule is CC(C)(C)OC(=O)NC(CNc1nc(O)c(-c2ccc(F)c(F)c2)s1)Cc1ccc(Cl)cc1. The van der Waals surface area contributed by atoms with Gasteiger partial charge in [-0.3, -0.25) is 0 Å². The maximum Gasteiger partial charge on any atom is 0.407 e. The molecular formula is C23H24ClF2N3O3S. The minimum atomic E-state index is -1.01. The van der Waals surface area contributed by atoms with Crippen molar-refractivity contribution in [1.82, 2.24) is 10.3 Å². The molecule has 0 bridgehead atoms. The van der Waals surface area contributed by atoms with Gasteiger partial charge in [0, 0.05) is 17.1 Å². The van der Waals surface area contributed by atoms with Crippen molar-refractivity contribution < 1.29 is 23.4 Å². The molecule has 0 spiro atoms. The molecule has 3 N–H and O–H groups in total.